The van der Waals surface area contributed by atoms with Crippen molar-refractivity contribution in [2.24, 2.45) is 0 Å². The Kier molecular flexibility index (Phi) is 3.69. The standard InChI is InChI=1S/C11H8Cl2N2S/c1-7-5-10(15-11(13)14-7)16-9-4-2-3-8(12)6-9/h2-6H,1H3. The van der Waals surface area contributed by atoms with E-state index in [-0.39, 0.29) is 5.28 Å². The predicted molar refractivity (Wildman–Crippen MR) is 67.4 cm³/mol. The number of rotatable bonds is 2. The molecule has 5 heteroatoms. The molecule has 0 amide bonds. The van der Waals surface area contributed by atoms with E-state index in [4.69, 9.17) is 23.2 Å². The number of aryl methyl sites for hydroxylation is 1. The van der Waals surface area contributed by atoms with Gasteiger partial charge in [-0.15, -0.1) is 0 Å². The topological polar surface area (TPSA) is 25.8 Å². The third-order valence-corrected chi connectivity index (χ3v) is 3.13. The second-order valence-electron chi connectivity index (χ2n) is 3.18. The number of hydrogen-bond donors (Lipinski definition) is 0. The van der Waals surface area contributed by atoms with Crippen LogP contribution in [-0.2, 0) is 0 Å². The Hall–Kier alpha value is -0.770. The predicted octanol–water partition coefficient (Wildman–Crippen LogP) is 4.24. The van der Waals surface area contributed by atoms with Crippen LogP contribution in [0.3, 0.4) is 0 Å². The normalized spacial score (nSPS) is 10.4. The van der Waals surface area contributed by atoms with Crippen LogP contribution in [0.1, 0.15) is 5.69 Å². The zero-order valence-corrected chi connectivity index (χ0v) is 10.8. The number of nitrogens with zero attached hydrogens (tertiary/aromatic N) is 2. The minimum Gasteiger partial charge on any atom is -0.223 e. The van der Waals surface area contributed by atoms with E-state index in [1.165, 1.54) is 11.8 Å². The van der Waals surface area contributed by atoms with Gasteiger partial charge in [0.2, 0.25) is 5.28 Å². The second-order valence-corrected chi connectivity index (χ2v) is 5.04. The highest BCUT2D eigenvalue weighted by molar-refractivity contribution is 7.99. The van der Waals surface area contributed by atoms with E-state index in [0.29, 0.717) is 5.02 Å². The lowest BCUT2D eigenvalue weighted by Gasteiger charge is -2.02. The molecule has 16 heavy (non-hydrogen) atoms. The molecule has 0 spiro atoms. The monoisotopic (exact) mass is 270 g/mol. The maximum absolute atomic E-state index is 5.90. The van der Waals surface area contributed by atoms with E-state index >= 15 is 0 Å². The molecule has 0 radical (unpaired) electrons. The lowest BCUT2D eigenvalue weighted by atomic mass is 10.4. The van der Waals surface area contributed by atoms with Gasteiger partial charge in [0.05, 0.1) is 0 Å². The van der Waals surface area contributed by atoms with Crippen LogP contribution in [0.15, 0.2) is 40.3 Å². The Morgan fingerprint density at radius 1 is 1.12 bits per heavy atom. The average Bonchev–Trinajstić information content (AvgIpc) is 2.15. The SMILES string of the molecule is Cc1cc(Sc2cccc(Cl)c2)nc(Cl)n1. The smallest absolute Gasteiger partial charge is 0.223 e. The van der Waals surface area contributed by atoms with Crippen LogP contribution in [-0.4, -0.2) is 9.97 Å². The van der Waals surface area contributed by atoms with Gasteiger partial charge in [0.15, 0.2) is 0 Å². The molecule has 2 nitrogen and oxygen atoms in total. The first kappa shape index (κ1) is 11.7. The summed E-state index contributed by atoms with van der Waals surface area (Å²) in [7, 11) is 0. The molecule has 0 saturated heterocycles. The maximum Gasteiger partial charge on any atom is 0.223 e. The van der Waals surface area contributed by atoms with Crippen LogP contribution >= 0.6 is 35.0 Å². The quantitative estimate of drug-likeness (QED) is 0.603. The van der Waals surface area contributed by atoms with Gasteiger partial charge >= 0.3 is 0 Å². The molecule has 0 unspecified atom stereocenters. The third kappa shape index (κ3) is 3.11. The summed E-state index contributed by atoms with van der Waals surface area (Å²) in [4.78, 5) is 9.17. The summed E-state index contributed by atoms with van der Waals surface area (Å²) in [6.45, 7) is 1.88. The van der Waals surface area contributed by atoms with Crippen molar-refractivity contribution < 1.29 is 0 Å². The van der Waals surface area contributed by atoms with Gasteiger partial charge in [-0.2, -0.15) is 0 Å². The second kappa shape index (κ2) is 5.04. The van der Waals surface area contributed by atoms with Crippen molar-refractivity contribution in [3.05, 3.63) is 46.3 Å². The minimum absolute atomic E-state index is 0.268. The Morgan fingerprint density at radius 3 is 2.62 bits per heavy atom. The number of hydrogen-bond acceptors (Lipinski definition) is 3. The molecule has 0 fully saturated rings. The Labute approximate surface area is 108 Å². The van der Waals surface area contributed by atoms with Gasteiger partial charge in [0.25, 0.3) is 0 Å². The third-order valence-electron chi connectivity index (χ3n) is 1.82. The summed E-state index contributed by atoms with van der Waals surface area (Å²) in [6, 6.07) is 9.49. The molecule has 0 N–H and O–H groups in total. The molecule has 2 rings (SSSR count). The van der Waals surface area contributed by atoms with Crippen molar-refractivity contribution in [2.75, 3.05) is 0 Å². The first-order valence-electron chi connectivity index (χ1n) is 4.58. The van der Waals surface area contributed by atoms with Gasteiger partial charge in [0.1, 0.15) is 5.03 Å². The molecule has 82 valence electrons. The molecule has 1 aromatic carbocycles. The molecule has 0 saturated carbocycles. The first-order chi connectivity index (χ1) is 7.63. The number of benzene rings is 1. The number of aromatic nitrogens is 2. The maximum atomic E-state index is 5.90. The molecular formula is C11H8Cl2N2S. The number of halogens is 2. The highest BCUT2D eigenvalue weighted by atomic mass is 35.5. The van der Waals surface area contributed by atoms with Crippen LogP contribution in [0.2, 0.25) is 10.3 Å². The van der Waals surface area contributed by atoms with Crippen molar-refractivity contribution in [3.63, 3.8) is 0 Å². The van der Waals surface area contributed by atoms with E-state index in [9.17, 15) is 0 Å². The summed E-state index contributed by atoms with van der Waals surface area (Å²) in [5.74, 6) is 0. The highest BCUT2D eigenvalue weighted by Crippen LogP contribution is 2.28. The van der Waals surface area contributed by atoms with Gasteiger partial charge in [-0.05, 0) is 42.8 Å². The molecule has 2 aromatic rings. The Bertz CT molecular complexity index is 497. The fourth-order valence-corrected chi connectivity index (χ4v) is 2.67. The van der Waals surface area contributed by atoms with E-state index < -0.39 is 0 Å². The van der Waals surface area contributed by atoms with Gasteiger partial charge < -0.3 is 0 Å². The molecule has 0 aliphatic rings. The van der Waals surface area contributed by atoms with Gasteiger partial charge in [-0.1, -0.05) is 29.4 Å². The Morgan fingerprint density at radius 2 is 1.94 bits per heavy atom. The summed E-state index contributed by atoms with van der Waals surface area (Å²) in [6.07, 6.45) is 0. The van der Waals surface area contributed by atoms with E-state index in [1.54, 1.807) is 0 Å². The molecule has 0 aliphatic carbocycles. The van der Waals surface area contributed by atoms with E-state index in [1.807, 2.05) is 37.3 Å². The summed E-state index contributed by atoms with van der Waals surface area (Å²) in [5, 5.41) is 1.80. The zero-order valence-electron chi connectivity index (χ0n) is 8.45. The highest BCUT2D eigenvalue weighted by Gasteiger charge is 2.03. The van der Waals surface area contributed by atoms with E-state index in [0.717, 1.165) is 15.6 Å². The van der Waals surface area contributed by atoms with Crippen molar-refractivity contribution in [1.82, 2.24) is 9.97 Å². The van der Waals surface area contributed by atoms with Crippen LogP contribution in [0.5, 0.6) is 0 Å². The van der Waals surface area contributed by atoms with Crippen LogP contribution in [0, 0.1) is 6.92 Å². The Balaban J connectivity index is 2.27. The van der Waals surface area contributed by atoms with Crippen LogP contribution in [0.4, 0.5) is 0 Å². The molecule has 0 atom stereocenters. The minimum atomic E-state index is 0.268. The molecule has 1 heterocycles. The summed E-state index contributed by atoms with van der Waals surface area (Å²) < 4.78 is 0. The lowest BCUT2D eigenvalue weighted by Crippen LogP contribution is -1.88. The van der Waals surface area contributed by atoms with Crippen molar-refractivity contribution in [3.8, 4) is 0 Å². The van der Waals surface area contributed by atoms with Gasteiger partial charge in [-0.25, -0.2) is 9.97 Å². The largest absolute Gasteiger partial charge is 0.223 e. The van der Waals surface area contributed by atoms with Crippen LogP contribution in [0.25, 0.3) is 0 Å². The molecule has 1 aromatic heterocycles. The van der Waals surface area contributed by atoms with Crippen molar-refractivity contribution >= 4 is 35.0 Å². The fraction of sp³-hybridized carbons (Fsp3) is 0.0909. The molecule has 0 aliphatic heterocycles. The van der Waals surface area contributed by atoms with Crippen molar-refractivity contribution in [1.29, 1.82) is 0 Å². The first-order valence-corrected chi connectivity index (χ1v) is 6.15. The zero-order chi connectivity index (χ0) is 11.5. The molecular weight excluding hydrogens is 263 g/mol. The summed E-state index contributed by atoms with van der Waals surface area (Å²) >= 11 is 13.2. The summed E-state index contributed by atoms with van der Waals surface area (Å²) in [5.41, 5.74) is 0.851. The molecule has 0 bridgehead atoms. The lowest BCUT2D eigenvalue weighted by molar-refractivity contribution is 1.01. The average molecular weight is 271 g/mol. The fourth-order valence-electron chi connectivity index (χ4n) is 1.21. The van der Waals surface area contributed by atoms with Crippen molar-refractivity contribution in [2.45, 2.75) is 16.8 Å². The van der Waals surface area contributed by atoms with Crippen LogP contribution < -0.4 is 0 Å². The van der Waals surface area contributed by atoms with Gasteiger partial charge in [-0.3, -0.25) is 0 Å². The van der Waals surface area contributed by atoms with Gasteiger partial charge in [0, 0.05) is 15.6 Å². The van der Waals surface area contributed by atoms with E-state index in [2.05, 4.69) is 9.97 Å².